The summed E-state index contributed by atoms with van der Waals surface area (Å²) in [6.45, 7) is -6.05. The second-order valence-electron chi connectivity index (χ2n) is 4.33. The normalized spacial score (nSPS) is 17.6. The Morgan fingerprint density at radius 2 is 1.48 bits per heavy atom. The third-order valence-corrected chi connectivity index (χ3v) is 3.19. The van der Waals surface area contributed by atoms with Gasteiger partial charge >= 0.3 is 10.4 Å². The lowest BCUT2D eigenvalue weighted by molar-refractivity contribution is 0.386. The Labute approximate surface area is 132 Å². The first-order valence-electron chi connectivity index (χ1n) is 8.75. The van der Waals surface area contributed by atoms with Gasteiger partial charge < -0.3 is 9.29 Å². The average Bonchev–Trinajstić information content (AvgIpc) is 2.47. The van der Waals surface area contributed by atoms with E-state index in [1.807, 2.05) is 0 Å². The fraction of sp³-hybridized carbons (Fsp3) is 0.200. The van der Waals surface area contributed by atoms with Crippen molar-refractivity contribution in [3.05, 3.63) is 59.7 Å². The molecule has 0 bridgehead atoms. The second-order valence-corrected chi connectivity index (χ2v) is 5.35. The van der Waals surface area contributed by atoms with E-state index in [0.717, 1.165) is 24.3 Å². The molecule has 0 radical (unpaired) electrons. The van der Waals surface area contributed by atoms with E-state index in [1.54, 1.807) is 0 Å². The van der Waals surface area contributed by atoms with E-state index in [1.165, 1.54) is 24.3 Å². The maximum absolute atomic E-state index is 10.8. The van der Waals surface area contributed by atoms with Gasteiger partial charge in [-0.25, -0.2) is 0 Å². The molecule has 0 aliphatic rings. The van der Waals surface area contributed by atoms with Crippen LogP contribution in [0.2, 0.25) is 0 Å². The first-order chi connectivity index (χ1) is 12.2. The van der Waals surface area contributed by atoms with E-state index < -0.39 is 29.5 Å². The van der Waals surface area contributed by atoms with Crippen molar-refractivity contribution in [2.24, 2.45) is 0 Å². The zero-order valence-electron chi connectivity index (χ0n) is 16.6. The minimum atomic E-state index is -4.79. The summed E-state index contributed by atoms with van der Waals surface area (Å²) in [4.78, 5) is 0. The van der Waals surface area contributed by atoms with E-state index in [2.05, 4.69) is 4.18 Å². The number of hydrogen-bond donors (Lipinski definition) is 2. The van der Waals surface area contributed by atoms with Gasteiger partial charge in [-0.3, -0.25) is 4.55 Å². The lowest BCUT2D eigenvalue weighted by Crippen LogP contribution is -2.18. The molecule has 0 fully saturated rings. The van der Waals surface area contributed by atoms with Crippen LogP contribution < -0.4 is 4.18 Å². The molecule has 0 amide bonds. The Hall–Kier alpha value is -2.05. The predicted molar refractivity (Wildman–Crippen MR) is 78.9 cm³/mol. The van der Waals surface area contributed by atoms with Crippen LogP contribution in [0.4, 0.5) is 0 Å². The van der Waals surface area contributed by atoms with Crippen LogP contribution in [-0.4, -0.2) is 18.1 Å². The van der Waals surface area contributed by atoms with Crippen molar-refractivity contribution >= 4 is 10.4 Å². The SMILES string of the molecule is [2H]C([2H])([2H])C(c1ccc(O)cc1)(c1ccc(OS(=O)(=O)O)cc1)C([2H])([2H])[2H]. The molecule has 0 aromatic heterocycles. The summed E-state index contributed by atoms with van der Waals surface area (Å²) in [5.41, 5.74) is -2.68. The zero-order valence-corrected chi connectivity index (χ0v) is 11.5. The molecule has 2 rings (SSSR count). The molecule has 0 saturated carbocycles. The van der Waals surface area contributed by atoms with E-state index in [4.69, 9.17) is 12.8 Å². The molecule has 6 heteroatoms. The molecule has 2 aromatic carbocycles. The standard InChI is InChI=1S/C15H16O5S/c1-15(2,11-3-7-13(16)8-4-11)12-5-9-14(10-6-12)20-21(17,18)19/h3-10,16H,1-2H3,(H,17,18,19)/i1D3,2D3. The van der Waals surface area contributed by atoms with Crippen LogP contribution in [-0.2, 0) is 15.8 Å². The monoisotopic (exact) mass is 314 g/mol. The molecule has 0 spiro atoms. The molecule has 0 saturated heterocycles. The van der Waals surface area contributed by atoms with Gasteiger partial charge in [0.2, 0.25) is 0 Å². The second kappa shape index (κ2) is 5.38. The Bertz CT molecular complexity index is 888. The van der Waals surface area contributed by atoms with E-state index in [-0.39, 0.29) is 22.6 Å². The average molecular weight is 314 g/mol. The molecule has 0 aliphatic carbocycles. The summed E-state index contributed by atoms with van der Waals surface area (Å²) in [7, 11) is -4.79. The molecule has 112 valence electrons. The van der Waals surface area contributed by atoms with Gasteiger partial charge in [-0.05, 0) is 35.4 Å². The highest BCUT2D eigenvalue weighted by Crippen LogP contribution is 2.33. The molecular formula is C15H16O5S. The van der Waals surface area contributed by atoms with Crippen LogP contribution in [0, 0.1) is 0 Å². The van der Waals surface area contributed by atoms with Crippen molar-refractivity contribution in [3.8, 4) is 11.5 Å². The quantitative estimate of drug-likeness (QED) is 0.848. The van der Waals surface area contributed by atoms with Crippen molar-refractivity contribution in [2.75, 3.05) is 0 Å². The largest absolute Gasteiger partial charge is 0.508 e. The van der Waals surface area contributed by atoms with Gasteiger partial charge in [-0.15, -0.1) is 0 Å². The highest BCUT2D eigenvalue weighted by atomic mass is 32.3. The lowest BCUT2D eigenvalue weighted by atomic mass is 9.78. The van der Waals surface area contributed by atoms with Gasteiger partial charge in [-0.1, -0.05) is 38.0 Å². The highest BCUT2D eigenvalue weighted by Gasteiger charge is 2.23. The Morgan fingerprint density at radius 3 is 1.90 bits per heavy atom. The summed E-state index contributed by atoms with van der Waals surface area (Å²) < 4.78 is 82.3. The summed E-state index contributed by atoms with van der Waals surface area (Å²) in [5, 5.41) is 9.46. The first kappa shape index (κ1) is 9.07. The number of hydrogen-bond acceptors (Lipinski definition) is 4. The summed E-state index contributed by atoms with van der Waals surface area (Å²) in [6, 6.07) is 9.05. The van der Waals surface area contributed by atoms with Crippen LogP contribution in [0.5, 0.6) is 11.5 Å². The van der Waals surface area contributed by atoms with Gasteiger partial charge in [0.25, 0.3) is 0 Å². The van der Waals surface area contributed by atoms with Crippen molar-refractivity contribution in [1.82, 2.24) is 0 Å². The predicted octanol–water partition coefficient (Wildman–Crippen LogP) is 2.90. The van der Waals surface area contributed by atoms with Gasteiger partial charge in [0.15, 0.2) is 0 Å². The molecule has 0 aliphatic heterocycles. The molecule has 0 atom stereocenters. The smallest absolute Gasteiger partial charge is 0.446 e. The maximum atomic E-state index is 10.8. The fourth-order valence-corrected chi connectivity index (χ4v) is 2.11. The molecule has 21 heavy (non-hydrogen) atoms. The minimum absolute atomic E-state index is 0.0799. The fourth-order valence-electron chi connectivity index (χ4n) is 1.76. The zero-order chi connectivity index (χ0) is 20.7. The molecule has 2 aromatic rings. The summed E-state index contributed by atoms with van der Waals surface area (Å²) in [6.07, 6.45) is 0. The molecule has 0 unspecified atom stereocenters. The number of aromatic hydroxyl groups is 1. The molecule has 5 nitrogen and oxygen atoms in total. The van der Waals surface area contributed by atoms with E-state index in [0.29, 0.717) is 0 Å². The Kier molecular flexibility index (Phi) is 2.32. The third kappa shape index (κ3) is 3.74. The number of phenols is 1. The first-order valence-corrected chi connectivity index (χ1v) is 7.12. The van der Waals surface area contributed by atoms with Gasteiger partial charge in [0.1, 0.15) is 11.5 Å². The number of benzene rings is 2. The lowest BCUT2D eigenvalue weighted by Gasteiger charge is -2.26. The maximum Gasteiger partial charge on any atom is 0.446 e. The van der Waals surface area contributed by atoms with Crippen LogP contribution in [0.1, 0.15) is 33.1 Å². The summed E-state index contributed by atoms with van der Waals surface area (Å²) in [5.74, 6) is -0.488. The van der Waals surface area contributed by atoms with Crippen LogP contribution in [0.25, 0.3) is 0 Å². The van der Waals surface area contributed by atoms with Crippen LogP contribution in [0.3, 0.4) is 0 Å². The summed E-state index contributed by atoms with van der Waals surface area (Å²) >= 11 is 0. The third-order valence-electron chi connectivity index (χ3n) is 2.79. The topological polar surface area (TPSA) is 83.8 Å². The van der Waals surface area contributed by atoms with Gasteiger partial charge in [-0.2, -0.15) is 8.42 Å². The van der Waals surface area contributed by atoms with Crippen molar-refractivity contribution in [2.45, 2.75) is 19.1 Å². The molecule has 0 heterocycles. The van der Waals surface area contributed by atoms with E-state index in [9.17, 15) is 13.5 Å². The van der Waals surface area contributed by atoms with E-state index >= 15 is 0 Å². The van der Waals surface area contributed by atoms with Crippen molar-refractivity contribution < 1.29 is 30.5 Å². The molecule has 2 N–H and O–H groups in total. The van der Waals surface area contributed by atoms with Gasteiger partial charge in [0, 0.05) is 13.6 Å². The molecular weight excluding hydrogens is 292 g/mol. The van der Waals surface area contributed by atoms with Crippen molar-refractivity contribution in [3.63, 3.8) is 0 Å². The van der Waals surface area contributed by atoms with Crippen molar-refractivity contribution in [1.29, 1.82) is 0 Å². The van der Waals surface area contributed by atoms with Crippen LogP contribution in [0.15, 0.2) is 48.5 Å². The Morgan fingerprint density at radius 1 is 1.00 bits per heavy atom. The number of phenolic OH excluding ortho intramolecular Hbond substituents is 1. The highest BCUT2D eigenvalue weighted by molar-refractivity contribution is 7.81. The minimum Gasteiger partial charge on any atom is -0.508 e. The van der Waals surface area contributed by atoms with Crippen LogP contribution >= 0.6 is 0 Å². The Balaban J connectivity index is 2.75. The number of rotatable bonds is 4. The van der Waals surface area contributed by atoms with Gasteiger partial charge in [0.05, 0.1) is 0 Å².